The second-order valence-electron chi connectivity index (χ2n) is 8.84. The molecule has 2 heterocycles. The van der Waals surface area contributed by atoms with Crippen molar-refractivity contribution >= 4 is 23.3 Å². The highest BCUT2D eigenvalue weighted by Crippen LogP contribution is 2.37. The molecule has 0 saturated heterocycles. The first kappa shape index (κ1) is 18.0. The lowest BCUT2D eigenvalue weighted by Crippen LogP contribution is -2.34. The Balaban J connectivity index is 1.64. The van der Waals surface area contributed by atoms with Gasteiger partial charge >= 0.3 is 0 Å². The molecule has 0 unspecified atom stereocenters. The van der Waals surface area contributed by atoms with Crippen LogP contribution in [-0.2, 0) is 22.4 Å². The van der Waals surface area contributed by atoms with Gasteiger partial charge in [0.05, 0.1) is 0 Å². The fraction of sp³-hybridized carbons (Fsp3) is 0.478. The van der Waals surface area contributed by atoms with E-state index in [1.807, 2.05) is 19.9 Å². The molecule has 1 saturated carbocycles. The molecule has 27 heavy (non-hydrogen) atoms. The molecule has 142 valence electrons. The summed E-state index contributed by atoms with van der Waals surface area (Å²) >= 11 is 0. The lowest BCUT2D eigenvalue weighted by atomic mass is 9.74. The predicted molar refractivity (Wildman–Crippen MR) is 107 cm³/mol. The van der Waals surface area contributed by atoms with E-state index in [1.165, 1.54) is 35.7 Å². The zero-order valence-corrected chi connectivity index (χ0v) is 16.2. The summed E-state index contributed by atoms with van der Waals surface area (Å²) in [6, 6.07) is 4.36. The number of allylic oxidation sites excluding steroid dienone is 2. The van der Waals surface area contributed by atoms with Gasteiger partial charge < -0.3 is 10.0 Å². The number of nitrogens with zero attached hydrogens (tertiary/aromatic N) is 1. The Hall–Kier alpha value is -2.36. The highest BCUT2D eigenvalue weighted by atomic mass is 16.3. The van der Waals surface area contributed by atoms with Gasteiger partial charge in [0.1, 0.15) is 11.3 Å². The van der Waals surface area contributed by atoms with Crippen molar-refractivity contribution in [3.63, 3.8) is 0 Å². The molecule has 1 aromatic carbocycles. The minimum absolute atomic E-state index is 0.0314. The zero-order valence-electron chi connectivity index (χ0n) is 16.2. The number of Topliss-reactive ketones (excluding diaryl/α,β-unsaturated/α-hetero) is 2. The van der Waals surface area contributed by atoms with E-state index in [0.717, 1.165) is 31.5 Å². The molecule has 0 radical (unpaired) electrons. The normalized spacial score (nSPS) is 21.6. The average Bonchev–Trinajstić information content (AvgIpc) is 2.58. The summed E-state index contributed by atoms with van der Waals surface area (Å²) < 4.78 is 0. The Labute approximate surface area is 160 Å². The second kappa shape index (κ2) is 6.66. The molecule has 1 aliphatic carbocycles. The second-order valence-corrected chi connectivity index (χ2v) is 8.84. The average molecular weight is 365 g/mol. The number of hydrogen-bond donors (Lipinski definition) is 1. The topological polar surface area (TPSA) is 57.6 Å². The summed E-state index contributed by atoms with van der Waals surface area (Å²) in [5.41, 5.74) is 4.82. The summed E-state index contributed by atoms with van der Waals surface area (Å²) in [4.78, 5) is 27.2. The molecular weight excluding hydrogens is 338 g/mol. The summed E-state index contributed by atoms with van der Waals surface area (Å²) in [6.07, 6.45) is 8.45. The minimum Gasteiger partial charge on any atom is -0.507 e. The van der Waals surface area contributed by atoms with Crippen molar-refractivity contribution in [3.05, 3.63) is 46.2 Å². The number of hydrogen-bond acceptors (Lipinski definition) is 4. The van der Waals surface area contributed by atoms with Gasteiger partial charge in [-0.3, -0.25) is 9.59 Å². The molecule has 4 heteroatoms. The first-order valence-corrected chi connectivity index (χ1v) is 9.92. The molecule has 2 aliphatic heterocycles. The van der Waals surface area contributed by atoms with Crippen molar-refractivity contribution in [1.82, 2.24) is 0 Å². The number of benzene rings is 1. The first-order chi connectivity index (χ1) is 12.8. The summed E-state index contributed by atoms with van der Waals surface area (Å²) in [5, 5.41) is 10.4. The number of carbonyl (C=O) groups excluding carboxylic acids is 2. The SMILES string of the molecule is CC1(C)CC(=O)C(=C(O)/C=C/c2cc3c4c(c2)CCCN4CCC3)C(=O)C1. The third kappa shape index (κ3) is 3.45. The Morgan fingerprint density at radius 2 is 1.59 bits per heavy atom. The standard InChI is InChI=1S/C23H27NO3/c1-23(2)13-19(26)21(20(27)14-23)18(25)8-7-15-11-16-5-3-9-24-10-4-6-17(12-15)22(16)24/h7-8,11-12,25H,3-6,9-10,13-14H2,1-2H3/b8-7+. The molecule has 0 aromatic heterocycles. The Kier molecular flexibility index (Phi) is 4.45. The molecule has 1 N–H and O–H groups in total. The molecule has 3 aliphatic rings. The lowest BCUT2D eigenvalue weighted by Gasteiger charge is -2.37. The van der Waals surface area contributed by atoms with Crippen LogP contribution in [0.25, 0.3) is 6.08 Å². The number of aliphatic hydroxyl groups excluding tert-OH is 1. The van der Waals surface area contributed by atoms with Gasteiger partial charge in [-0.15, -0.1) is 0 Å². The van der Waals surface area contributed by atoms with Crippen molar-refractivity contribution in [2.45, 2.75) is 52.4 Å². The number of anilines is 1. The van der Waals surface area contributed by atoms with E-state index in [1.54, 1.807) is 0 Å². The maximum Gasteiger partial charge on any atom is 0.170 e. The Morgan fingerprint density at radius 3 is 2.15 bits per heavy atom. The van der Waals surface area contributed by atoms with Gasteiger partial charge in [-0.25, -0.2) is 0 Å². The lowest BCUT2D eigenvalue weighted by molar-refractivity contribution is -0.127. The van der Waals surface area contributed by atoms with E-state index >= 15 is 0 Å². The maximum absolute atomic E-state index is 12.3. The number of carbonyl (C=O) groups is 2. The molecular formula is C23H27NO3. The third-order valence-corrected chi connectivity index (χ3v) is 5.88. The van der Waals surface area contributed by atoms with E-state index in [2.05, 4.69) is 17.0 Å². The summed E-state index contributed by atoms with van der Waals surface area (Å²) in [7, 11) is 0. The molecule has 0 amide bonds. The quantitative estimate of drug-likeness (QED) is 0.485. The number of aliphatic hydroxyl groups is 1. The monoisotopic (exact) mass is 365 g/mol. The van der Waals surface area contributed by atoms with Crippen LogP contribution in [0.2, 0.25) is 0 Å². The van der Waals surface area contributed by atoms with E-state index in [0.29, 0.717) is 12.8 Å². The van der Waals surface area contributed by atoms with Gasteiger partial charge in [0.2, 0.25) is 0 Å². The molecule has 0 bridgehead atoms. The van der Waals surface area contributed by atoms with E-state index in [-0.39, 0.29) is 28.3 Å². The van der Waals surface area contributed by atoms with E-state index < -0.39 is 0 Å². The zero-order chi connectivity index (χ0) is 19.2. The highest BCUT2D eigenvalue weighted by molar-refractivity contribution is 6.22. The smallest absolute Gasteiger partial charge is 0.170 e. The Bertz CT molecular complexity index is 823. The van der Waals surface area contributed by atoms with Crippen LogP contribution < -0.4 is 4.90 Å². The van der Waals surface area contributed by atoms with Crippen LogP contribution in [0.4, 0.5) is 5.69 Å². The molecule has 1 fully saturated rings. The fourth-order valence-electron chi connectivity index (χ4n) is 4.73. The molecule has 0 spiro atoms. The number of rotatable bonds is 2. The summed E-state index contributed by atoms with van der Waals surface area (Å²) in [5.74, 6) is -0.711. The van der Waals surface area contributed by atoms with Crippen LogP contribution in [0.1, 0.15) is 56.2 Å². The highest BCUT2D eigenvalue weighted by Gasteiger charge is 2.37. The van der Waals surface area contributed by atoms with Crippen LogP contribution in [0, 0.1) is 5.41 Å². The summed E-state index contributed by atoms with van der Waals surface area (Å²) in [6.45, 7) is 6.11. The minimum atomic E-state index is -0.325. The van der Waals surface area contributed by atoms with Crippen molar-refractivity contribution in [3.8, 4) is 0 Å². The van der Waals surface area contributed by atoms with Gasteiger partial charge in [-0.1, -0.05) is 19.9 Å². The van der Waals surface area contributed by atoms with Gasteiger partial charge in [0.25, 0.3) is 0 Å². The Morgan fingerprint density at radius 1 is 1.04 bits per heavy atom. The van der Waals surface area contributed by atoms with Gasteiger partial charge in [-0.05, 0) is 66.0 Å². The third-order valence-electron chi connectivity index (χ3n) is 5.88. The van der Waals surface area contributed by atoms with Crippen molar-refractivity contribution in [1.29, 1.82) is 0 Å². The van der Waals surface area contributed by atoms with Crippen LogP contribution in [0.5, 0.6) is 0 Å². The molecule has 4 rings (SSSR count). The maximum atomic E-state index is 12.3. The van der Waals surface area contributed by atoms with Gasteiger partial charge in [0.15, 0.2) is 11.6 Å². The van der Waals surface area contributed by atoms with Crippen LogP contribution in [0.15, 0.2) is 29.5 Å². The largest absolute Gasteiger partial charge is 0.507 e. The van der Waals surface area contributed by atoms with Crippen LogP contribution in [0.3, 0.4) is 0 Å². The van der Waals surface area contributed by atoms with Crippen molar-refractivity contribution < 1.29 is 14.7 Å². The fourth-order valence-corrected chi connectivity index (χ4v) is 4.73. The van der Waals surface area contributed by atoms with E-state index in [4.69, 9.17) is 0 Å². The van der Waals surface area contributed by atoms with Gasteiger partial charge in [-0.2, -0.15) is 0 Å². The van der Waals surface area contributed by atoms with E-state index in [9.17, 15) is 14.7 Å². The predicted octanol–water partition coefficient (Wildman–Crippen LogP) is 4.17. The van der Waals surface area contributed by atoms with Crippen molar-refractivity contribution in [2.24, 2.45) is 5.41 Å². The molecule has 0 atom stereocenters. The first-order valence-electron chi connectivity index (χ1n) is 9.92. The van der Waals surface area contributed by atoms with Crippen molar-refractivity contribution in [2.75, 3.05) is 18.0 Å². The molecule has 1 aromatic rings. The molecule has 4 nitrogen and oxygen atoms in total. The van der Waals surface area contributed by atoms with Crippen LogP contribution in [-0.4, -0.2) is 29.8 Å². The van der Waals surface area contributed by atoms with Gasteiger partial charge in [0, 0.05) is 31.6 Å². The van der Waals surface area contributed by atoms with Crippen LogP contribution >= 0.6 is 0 Å². The number of aryl methyl sites for hydroxylation is 2. The number of ketones is 2.